The molecule has 1 amide bonds. The predicted molar refractivity (Wildman–Crippen MR) is 113 cm³/mol. The molecule has 1 atom stereocenters. The standard InChI is InChI=1S/C21H36N2O4S/c1-3-23(4-2)18-19(24)14-10-7-5-6-8-13-17-21(25)22-28(26,27)20-15-11-9-12-16-20/h9,11-12,15-16,19,24H,3-8,10,13-14,17-18H2,1-2H3,(H,22,25). The molecule has 0 saturated carbocycles. The quantitative estimate of drug-likeness (QED) is 0.432. The Morgan fingerprint density at radius 1 is 1.00 bits per heavy atom. The van der Waals surface area contributed by atoms with Gasteiger partial charge in [0, 0.05) is 13.0 Å². The first kappa shape index (κ1) is 24.6. The second kappa shape index (κ2) is 13.7. The number of aliphatic hydroxyl groups is 1. The number of likely N-dealkylation sites (N-methyl/N-ethyl adjacent to an activating group) is 1. The van der Waals surface area contributed by atoms with E-state index in [1.54, 1.807) is 18.2 Å². The van der Waals surface area contributed by atoms with Crippen molar-refractivity contribution in [1.29, 1.82) is 0 Å². The van der Waals surface area contributed by atoms with Gasteiger partial charge in [-0.2, -0.15) is 0 Å². The van der Waals surface area contributed by atoms with Gasteiger partial charge in [0.15, 0.2) is 0 Å². The van der Waals surface area contributed by atoms with Gasteiger partial charge >= 0.3 is 0 Å². The molecule has 28 heavy (non-hydrogen) atoms. The molecule has 1 rings (SSSR count). The molecule has 0 aromatic heterocycles. The number of aliphatic hydroxyl groups excluding tert-OH is 1. The van der Waals surface area contributed by atoms with Gasteiger partial charge in [-0.25, -0.2) is 13.1 Å². The Morgan fingerprint density at radius 2 is 1.57 bits per heavy atom. The summed E-state index contributed by atoms with van der Waals surface area (Å²) >= 11 is 0. The SMILES string of the molecule is CCN(CC)CC(O)CCCCCCCCC(=O)NS(=O)(=O)c1ccccc1. The van der Waals surface area contributed by atoms with E-state index < -0.39 is 15.9 Å². The molecule has 0 aliphatic heterocycles. The van der Waals surface area contributed by atoms with Crippen LogP contribution in [0.25, 0.3) is 0 Å². The number of nitrogens with zero attached hydrogens (tertiary/aromatic N) is 1. The van der Waals surface area contributed by atoms with Gasteiger partial charge in [-0.15, -0.1) is 0 Å². The molecule has 6 nitrogen and oxygen atoms in total. The molecular formula is C21H36N2O4S. The molecule has 2 N–H and O–H groups in total. The first-order valence-electron chi connectivity index (χ1n) is 10.4. The van der Waals surface area contributed by atoms with Crippen molar-refractivity contribution in [3.63, 3.8) is 0 Å². The van der Waals surface area contributed by atoms with Crippen LogP contribution in [0.3, 0.4) is 0 Å². The lowest BCUT2D eigenvalue weighted by Crippen LogP contribution is -2.32. The summed E-state index contributed by atoms with van der Waals surface area (Å²) in [6.45, 7) is 6.89. The third kappa shape index (κ3) is 10.2. The smallest absolute Gasteiger partial charge is 0.264 e. The van der Waals surface area contributed by atoms with Crippen molar-refractivity contribution >= 4 is 15.9 Å². The van der Waals surface area contributed by atoms with Crippen molar-refractivity contribution < 1.29 is 18.3 Å². The number of benzene rings is 1. The van der Waals surface area contributed by atoms with Crippen molar-refractivity contribution in [2.24, 2.45) is 0 Å². The van der Waals surface area contributed by atoms with Crippen molar-refractivity contribution in [2.45, 2.75) is 76.2 Å². The number of hydrogen-bond acceptors (Lipinski definition) is 5. The summed E-state index contributed by atoms with van der Waals surface area (Å²) in [5.41, 5.74) is 0. The van der Waals surface area contributed by atoms with E-state index in [2.05, 4.69) is 23.5 Å². The monoisotopic (exact) mass is 412 g/mol. The molecule has 160 valence electrons. The van der Waals surface area contributed by atoms with Crippen molar-refractivity contribution in [2.75, 3.05) is 19.6 Å². The molecule has 0 radical (unpaired) electrons. The van der Waals surface area contributed by atoms with Gasteiger partial charge in [0.1, 0.15) is 0 Å². The summed E-state index contributed by atoms with van der Waals surface area (Å²) in [6, 6.07) is 7.92. The summed E-state index contributed by atoms with van der Waals surface area (Å²) in [6.07, 6.45) is 6.55. The van der Waals surface area contributed by atoms with E-state index in [1.807, 2.05) is 0 Å². The fourth-order valence-electron chi connectivity index (χ4n) is 3.10. The number of carbonyl (C=O) groups is 1. The van der Waals surface area contributed by atoms with Crippen LogP contribution in [-0.2, 0) is 14.8 Å². The van der Waals surface area contributed by atoms with Crippen LogP contribution in [-0.4, -0.2) is 50.1 Å². The van der Waals surface area contributed by atoms with Crippen LogP contribution in [0.4, 0.5) is 0 Å². The Bertz CT molecular complexity index is 646. The molecule has 0 heterocycles. The minimum atomic E-state index is -3.76. The molecule has 0 fully saturated rings. The normalized spacial score (nSPS) is 12.9. The highest BCUT2D eigenvalue weighted by Gasteiger charge is 2.16. The molecule has 0 aliphatic rings. The number of amides is 1. The van der Waals surface area contributed by atoms with E-state index in [9.17, 15) is 18.3 Å². The lowest BCUT2D eigenvalue weighted by atomic mass is 10.1. The average Bonchev–Trinajstić information content (AvgIpc) is 2.68. The summed E-state index contributed by atoms with van der Waals surface area (Å²) < 4.78 is 26.2. The first-order chi connectivity index (χ1) is 13.4. The maximum absolute atomic E-state index is 12.1. The van der Waals surface area contributed by atoms with Gasteiger partial charge in [-0.05, 0) is 38.1 Å². The van der Waals surface area contributed by atoms with Crippen LogP contribution in [0.2, 0.25) is 0 Å². The molecule has 1 aromatic rings. The van der Waals surface area contributed by atoms with Crippen LogP contribution >= 0.6 is 0 Å². The Hall–Kier alpha value is -1.44. The van der Waals surface area contributed by atoms with Gasteiger partial charge in [0.25, 0.3) is 10.0 Å². The predicted octanol–water partition coefficient (Wildman–Crippen LogP) is 3.32. The van der Waals surface area contributed by atoms with E-state index >= 15 is 0 Å². The van der Waals surface area contributed by atoms with Crippen molar-refractivity contribution in [3.8, 4) is 0 Å². The van der Waals surface area contributed by atoms with Gasteiger partial charge < -0.3 is 10.0 Å². The van der Waals surface area contributed by atoms with Gasteiger partial charge in [0.2, 0.25) is 5.91 Å². The van der Waals surface area contributed by atoms with Crippen LogP contribution in [0.1, 0.15) is 65.2 Å². The number of unbranched alkanes of at least 4 members (excludes halogenated alkanes) is 5. The maximum Gasteiger partial charge on any atom is 0.264 e. The molecule has 1 aromatic carbocycles. The summed E-state index contributed by atoms with van der Waals surface area (Å²) in [4.78, 5) is 14.2. The molecular weight excluding hydrogens is 376 g/mol. The highest BCUT2D eigenvalue weighted by molar-refractivity contribution is 7.90. The van der Waals surface area contributed by atoms with Crippen LogP contribution in [0, 0.1) is 0 Å². The largest absolute Gasteiger partial charge is 0.392 e. The topological polar surface area (TPSA) is 86.7 Å². The minimum Gasteiger partial charge on any atom is -0.392 e. The highest BCUT2D eigenvalue weighted by Crippen LogP contribution is 2.12. The molecule has 0 aliphatic carbocycles. The van der Waals surface area contributed by atoms with Crippen LogP contribution in [0.5, 0.6) is 0 Å². The second-order valence-corrected chi connectivity index (χ2v) is 8.82. The Kier molecular flexibility index (Phi) is 12.0. The van der Waals surface area contributed by atoms with Gasteiger partial charge in [0.05, 0.1) is 11.0 Å². The zero-order valence-corrected chi connectivity index (χ0v) is 18.1. The Balaban J connectivity index is 2.07. The van der Waals surface area contributed by atoms with Crippen molar-refractivity contribution in [1.82, 2.24) is 9.62 Å². The third-order valence-electron chi connectivity index (χ3n) is 4.86. The molecule has 1 unspecified atom stereocenters. The van der Waals surface area contributed by atoms with Crippen molar-refractivity contribution in [3.05, 3.63) is 30.3 Å². The Morgan fingerprint density at radius 3 is 2.18 bits per heavy atom. The lowest BCUT2D eigenvalue weighted by Gasteiger charge is -2.21. The molecule has 0 saturated heterocycles. The van der Waals surface area contributed by atoms with E-state index in [0.717, 1.165) is 58.2 Å². The third-order valence-corrected chi connectivity index (χ3v) is 6.25. The van der Waals surface area contributed by atoms with E-state index in [-0.39, 0.29) is 17.4 Å². The average molecular weight is 413 g/mol. The highest BCUT2D eigenvalue weighted by atomic mass is 32.2. The fraction of sp³-hybridized carbons (Fsp3) is 0.667. The Labute approximate surface area is 170 Å². The first-order valence-corrected chi connectivity index (χ1v) is 11.9. The van der Waals surface area contributed by atoms with E-state index in [0.29, 0.717) is 6.42 Å². The number of nitrogens with one attached hydrogen (secondary N) is 1. The number of rotatable bonds is 15. The van der Waals surface area contributed by atoms with Crippen LogP contribution < -0.4 is 4.72 Å². The van der Waals surface area contributed by atoms with Gasteiger partial charge in [-0.3, -0.25) is 4.79 Å². The molecule has 0 spiro atoms. The summed E-state index contributed by atoms with van der Waals surface area (Å²) in [7, 11) is -3.76. The van der Waals surface area contributed by atoms with Crippen LogP contribution in [0.15, 0.2) is 35.2 Å². The maximum atomic E-state index is 12.1. The zero-order chi connectivity index (χ0) is 20.8. The second-order valence-electron chi connectivity index (χ2n) is 7.14. The van der Waals surface area contributed by atoms with E-state index in [4.69, 9.17) is 0 Å². The van der Waals surface area contributed by atoms with Gasteiger partial charge in [-0.1, -0.05) is 64.2 Å². The van der Waals surface area contributed by atoms with E-state index in [1.165, 1.54) is 12.1 Å². The molecule has 7 heteroatoms. The molecule has 0 bridgehead atoms. The zero-order valence-electron chi connectivity index (χ0n) is 17.3. The number of hydrogen-bond donors (Lipinski definition) is 2. The summed E-state index contributed by atoms with van der Waals surface area (Å²) in [5.74, 6) is -0.455. The number of sulfonamides is 1. The number of carbonyl (C=O) groups excluding carboxylic acids is 1. The minimum absolute atomic E-state index is 0.103. The lowest BCUT2D eigenvalue weighted by molar-refractivity contribution is -0.119. The summed E-state index contributed by atoms with van der Waals surface area (Å²) in [5, 5.41) is 10.0. The fourth-order valence-corrected chi connectivity index (χ4v) is 4.14.